The number of nitrogens with one attached hydrogen (secondary N) is 2. The summed E-state index contributed by atoms with van der Waals surface area (Å²) in [6.07, 6.45) is 0.473. The molecule has 33 heavy (non-hydrogen) atoms. The lowest BCUT2D eigenvalue weighted by molar-refractivity contribution is -0.117. The van der Waals surface area contributed by atoms with Gasteiger partial charge in [-0.2, -0.15) is 0 Å². The van der Waals surface area contributed by atoms with Crippen molar-refractivity contribution in [1.29, 1.82) is 0 Å². The van der Waals surface area contributed by atoms with Crippen LogP contribution in [0.1, 0.15) is 27.8 Å². The first-order valence-electron chi connectivity index (χ1n) is 10.7. The molecule has 1 amide bonds. The number of aromatic amines is 1. The van der Waals surface area contributed by atoms with Crippen molar-refractivity contribution in [2.75, 3.05) is 5.32 Å². The largest absolute Gasteiger partial charge is 0.326 e. The number of fused-ring (bicyclic) bond motifs is 2. The summed E-state index contributed by atoms with van der Waals surface area (Å²) in [5.74, 6) is -0.161. The summed E-state index contributed by atoms with van der Waals surface area (Å²) >= 11 is 6.41. The van der Waals surface area contributed by atoms with E-state index in [0.29, 0.717) is 28.4 Å². The molecule has 1 atom stereocenters. The van der Waals surface area contributed by atoms with Crippen molar-refractivity contribution in [1.82, 2.24) is 9.55 Å². The Bertz CT molecular complexity index is 1500. The number of benzene rings is 3. The van der Waals surface area contributed by atoms with Gasteiger partial charge in [0.15, 0.2) is 0 Å². The average molecular weight is 459 g/mol. The van der Waals surface area contributed by atoms with E-state index >= 15 is 0 Å². The summed E-state index contributed by atoms with van der Waals surface area (Å²) in [5, 5.41) is 3.64. The first-order valence-corrected chi connectivity index (χ1v) is 11.1. The van der Waals surface area contributed by atoms with E-state index in [1.54, 1.807) is 11.6 Å². The van der Waals surface area contributed by atoms with Gasteiger partial charge in [-0.15, -0.1) is 0 Å². The molecule has 1 aromatic heterocycles. The number of anilines is 1. The number of carbonyl (C=O) groups excluding carboxylic acids is 1. The van der Waals surface area contributed by atoms with Gasteiger partial charge in [0.25, 0.3) is 0 Å². The molecule has 6 nitrogen and oxygen atoms in total. The lowest BCUT2D eigenvalue weighted by Crippen LogP contribution is -2.27. The predicted octanol–water partition coefficient (Wildman–Crippen LogP) is 4.54. The van der Waals surface area contributed by atoms with Gasteiger partial charge in [-0.05, 0) is 49.2 Å². The van der Waals surface area contributed by atoms with Crippen LogP contribution in [-0.4, -0.2) is 27.2 Å². The second-order valence-corrected chi connectivity index (χ2v) is 8.98. The zero-order chi connectivity index (χ0) is 23.3. The fourth-order valence-electron chi connectivity index (χ4n) is 4.29. The van der Waals surface area contributed by atoms with E-state index in [-0.39, 0.29) is 11.6 Å². The van der Waals surface area contributed by atoms with Gasteiger partial charge in [-0.25, -0.2) is 4.79 Å². The molecule has 1 aliphatic heterocycles. The molecule has 7 heteroatoms. The van der Waals surface area contributed by atoms with Crippen molar-refractivity contribution in [2.24, 2.45) is 12.0 Å². The van der Waals surface area contributed by atoms with E-state index in [9.17, 15) is 9.59 Å². The van der Waals surface area contributed by atoms with Crippen molar-refractivity contribution >= 4 is 39.9 Å². The SMILES string of the molecule is Cc1ccc(CC2N=C(c3ccc4c(c3)[nH]c(=O)n4C)c3cc(Cl)cc(C)c3NC2=O)cc1. The average Bonchev–Trinajstić information content (AvgIpc) is 2.98. The monoisotopic (exact) mass is 458 g/mol. The number of H-pyrrole nitrogens is 1. The molecular formula is C26H23ClN4O2. The van der Waals surface area contributed by atoms with Crippen LogP contribution < -0.4 is 11.0 Å². The molecule has 4 aromatic rings. The van der Waals surface area contributed by atoms with E-state index in [2.05, 4.69) is 10.3 Å². The Morgan fingerprint density at radius 1 is 1.03 bits per heavy atom. The molecule has 1 unspecified atom stereocenters. The van der Waals surface area contributed by atoms with Crippen LogP contribution in [-0.2, 0) is 18.3 Å². The molecule has 0 spiro atoms. The molecule has 0 bridgehead atoms. The van der Waals surface area contributed by atoms with Gasteiger partial charge in [0.05, 0.1) is 22.4 Å². The van der Waals surface area contributed by atoms with Gasteiger partial charge in [-0.1, -0.05) is 47.5 Å². The van der Waals surface area contributed by atoms with Crippen LogP contribution in [0.5, 0.6) is 0 Å². The molecule has 2 heterocycles. The minimum atomic E-state index is -0.612. The Morgan fingerprint density at radius 2 is 1.79 bits per heavy atom. The van der Waals surface area contributed by atoms with E-state index in [1.165, 1.54) is 0 Å². The highest BCUT2D eigenvalue weighted by atomic mass is 35.5. The van der Waals surface area contributed by atoms with Crippen molar-refractivity contribution in [3.8, 4) is 0 Å². The number of imidazole rings is 1. The Labute approximate surface area is 195 Å². The van der Waals surface area contributed by atoms with Crippen LogP contribution in [0, 0.1) is 13.8 Å². The maximum Gasteiger partial charge on any atom is 0.326 e. The summed E-state index contributed by atoms with van der Waals surface area (Å²) in [6, 6.07) is 16.9. The number of halogens is 1. The van der Waals surface area contributed by atoms with E-state index < -0.39 is 6.04 Å². The third kappa shape index (κ3) is 3.87. The lowest BCUT2D eigenvalue weighted by Gasteiger charge is -2.13. The van der Waals surface area contributed by atoms with Gasteiger partial charge in [0, 0.05) is 29.6 Å². The molecule has 2 N–H and O–H groups in total. The molecule has 0 saturated carbocycles. The summed E-state index contributed by atoms with van der Waals surface area (Å²) < 4.78 is 1.56. The molecule has 166 valence electrons. The quantitative estimate of drug-likeness (QED) is 0.472. The number of aliphatic imine (C=N–C) groups is 1. The summed E-state index contributed by atoms with van der Waals surface area (Å²) in [5.41, 5.74) is 7.32. The molecule has 0 aliphatic carbocycles. The Balaban J connectivity index is 1.69. The molecule has 0 fully saturated rings. The fourth-order valence-corrected chi connectivity index (χ4v) is 4.56. The van der Waals surface area contributed by atoms with Crippen LogP contribution in [0.25, 0.3) is 11.0 Å². The van der Waals surface area contributed by atoms with Crippen LogP contribution in [0.3, 0.4) is 0 Å². The number of rotatable bonds is 3. The fraction of sp³-hybridized carbons (Fsp3) is 0.192. The maximum absolute atomic E-state index is 13.2. The summed E-state index contributed by atoms with van der Waals surface area (Å²) in [7, 11) is 1.72. The Hall–Kier alpha value is -3.64. The number of aryl methyl sites for hydroxylation is 3. The van der Waals surface area contributed by atoms with Crippen molar-refractivity contribution in [3.63, 3.8) is 0 Å². The number of hydrogen-bond donors (Lipinski definition) is 2. The number of carbonyl (C=O) groups is 1. The summed E-state index contributed by atoms with van der Waals surface area (Å²) in [6.45, 7) is 3.95. The zero-order valence-corrected chi connectivity index (χ0v) is 19.3. The van der Waals surface area contributed by atoms with Crippen LogP contribution in [0.4, 0.5) is 5.69 Å². The standard InChI is InChI=1S/C26H23ClN4O2/c1-14-4-6-16(7-5-14)11-21-25(32)30-23-15(2)10-18(27)13-19(23)24(28-21)17-8-9-22-20(12-17)29-26(33)31(22)3/h4-10,12-13,21H,11H2,1-3H3,(H,29,33)(H,30,32). The number of nitrogens with zero attached hydrogens (tertiary/aromatic N) is 2. The minimum Gasteiger partial charge on any atom is -0.323 e. The van der Waals surface area contributed by atoms with Gasteiger partial charge in [0.2, 0.25) is 5.91 Å². The smallest absolute Gasteiger partial charge is 0.323 e. The lowest BCUT2D eigenvalue weighted by atomic mass is 9.97. The first kappa shape index (κ1) is 21.2. The maximum atomic E-state index is 13.2. The Morgan fingerprint density at radius 3 is 2.55 bits per heavy atom. The van der Waals surface area contributed by atoms with Crippen molar-refractivity contribution < 1.29 is 4.79 Å². The van der Waals surface area contributed by atoms with Crippen LogP contribution in [0.2, 0.25) is 5.02 Å². The second kappa shape index (κ2) is 8.05. The topological polar surface area (TPSA) is 79.2 Å². The van der Waals surface area contributed by atoms with Crippen molar-refractivity contribution in [2.45, 2.75) is 26.3 Å². The molecular weight excluding hydrogens is 436 g/mol. The number of benzodiazepines with no additional fused rings is 1. The summed E-state index contributed by atoms with van der Waals surface area (Å²) in [4.78, 5) is 33.1. The van der Waals surface area contributed by atoms with Crippen LogP contribution >= 0.6 is 11.6 Å². The molecule has 0 saturated heterocycles. The van der Waals surface area contributed by atoms with E-state index in [1.807, 2.05) is 68.4 Å². The molecule has 1 aliphatic rings. The highest BCUT2D eigenvalue weighted by Gasteiger charge is 2.27. The van der Waals surface area contributed by atoms with Crippen LogP contribution in [0.15, 0.2) is 64.4 Å². The molecule has 5 rings (SSSR count). The molecule has 3 aromatic carbocycles. The number of amides is 1. The molecule has 0 radical (unpaired) electrons. The zero-order valence-electron chi connectivity index (χ0n) is 18.6. The number of aromatic nitrogens is 2. The Kier molecular flexibility index (Phi) is 5.17. The van der Waals surface area contributed by atoms with Gasteiger partial charge in [-0.3, -0.25) is 14.4 Å². The second-order valence-electron chi connectivity index (χ2n) is 8.54. The highest BCUT2D eigenvalue weighted by Crippen LogP contribution is 2.32. The predicted molar refractivity (Wildman–Crippen MR) is 133 cm³/mol. The van der Waals surface area contributed by atoms with Gasteiger partial charge in [0.1, 0.15) is 6.04 Å². The van der Waals surface area contributed by atoms with Crippen molar-refractivity contribution in [3.05, 3.63) is 97.9 Å². The normalized spacial score (nSPS) is 15.7. The minimum absolute atomic E-state index is 0.161. The van der Waals surface area contributed by atoms with E-state index in [4.69, 9.17) is 16.6 Å². The third-order valence-corrected chi connectivity index (χ3v) is 6.34. The third-order valence-electron chi connectivity index (χ3n) is 6.12. The highest BCUT2D eigenvalue weighted by molar-refractivity contribution is 6.32. The van der Waals surface area contributed by atoms with Gasteiger partial charge < -0.3 is 10.3 Å². The van der Waals surface area contributed by atoms with E-state index in [0.717, 1.165) is 33.3 Å². The first-order chi connectivity index (χ1) is 15.8. The van der Waals surface area contributed by atoms with Gasteiger partial charge >= 0.3 is 5.69 Å². The number of hydrogen-bond acceptors (Lipinski definition) is 3.